The molecule has 1 saturated heterocycles. The maximum atomic E-state index is 13.0. The van der Waals surface area contributed by atoms with Crippen LogP contribution in [0, 0.1) is 5.92 Å². The number of nitrogens with zero attached hydrogens (tertiary/aromatic N) is 2. The zero-order valence-electron chi connectivity index (χ0n) is 16.4. The number of hydrazine groups is 1. The van der Waals surface area contributed by atoms with Gasteiger partial charge in [0, 0.05) is 31.5 Å². The van der Waals surface area contributed by atoms with E-state index in [1.54, 1.807) is 20.4 Å². The summed E-state index contributed by atoms with van der Waals surface area (Å²) in [4.78, 5) is 17.5. The highest BCUT2D eigenvalue weighted by Crippen LogP contribution is 2.36. The van der Waals surface area contributed by atoms with Crippen molar-refractivity contribution in [1.29, 1.82) is 0 Å². The predicted octanol–water partition coefficient (Wildman–Crippen LogP) is 1.29. The normalized spacial score (nSPS) is 22.7. The van der Waals surface area contributed by atoms with Crippen LogP contribution in [0.1, 0.15) is 36.7 Å². The van der Waals surface area contributed by atoms with Gasteiger partial charge in [-0.05, 0) is 42.9 Å². The third kappa shape index (κ3) is 3.83. The van der Waals surface area contributed by atoms with Crippen molar-refractivity contribution in [3.05, 3.63) is 42.0 Å². The Morgan fingerprint density at radius 1 is 1.21 bits per heavy atom. The number of rotatable bonds is 7. The summed E-state index contributed by atoms with van der Waals surface area (Å²) in [7, 11) is 5.13. The number of benzene rings is 1. The molecule has 1 aromatic heterocycles. The molecule has 1 saturated carbocycles. The van der Waals surface area contributed by atoms with Gasteiger partial charge in [0.25, 0.3) is 0 Å². The van der Waals surface area contributed by atoms with E-state index in [1.807, 2.05) is 36.0 Å². The first-order valence-electron chi connectivity index (χ1n) is 9.60. The van der Waals surface area contributed by atoms with Gasteiger partial charge >= 0.3 is 0 Å². The molecule has 0 bridgehead atoms. The van der Waals surface area contributed by atoms with Crippen LogP contribution < -0.4 is 25.6 Å². The van der Waals surface area contributed by atoms with Crippen molar-refractivity contribution in [2.24, 2.45) is 13.0 Å². The molecule has 1 amide bonds. The number of imidazole rings is 1. The zero-order valence-corrected chi connectivity index (χ0v) is 16.4. The van der Waals surface area contributed by atoms with Crippen LogP contribution in [0.25, 0.3) is 0 Å². The van der Waals surface area contributed by atoms with Crippen LogP contribution in [0.3, 0.4) is 0 Å². The lowest BCUT2D eigenvalue weighted by molar-refractivity contribution is -0.123. The van der Waals surface area contributed by atoms with E-state index >= 15 is 0 Å². The Labute approximate surface area is 164 Å². The van der Waals surface area contributed by atoms with E-state index in [4.69, 9.17) is 9.47 Å². The Kier molecular flexibility index (Phi) is 5.23. The minimum Gasteiger partial charge on any atom is -0.497 e. The average molecular weight is 385 g/mol. The smallest absolute Gasteiger partial charge is 0.239 e. The largest absolute Gasteiger partial charge is 0.497 e. The van der Waals surface area contributed by atoms with E-state index < -0.39 is 6.04 Å². The molecule has 8 nitrogen and oxygen atoms in total. The van der Waals surface area contributed by atoms with Gasteiger partial charge in [-0.3, -0.25) is 10.2 Å². The van der Waals surface area contributed by atoms with Gasteiger partial charge in [0.2, 0.25) is 5.91 Å². The molecule has 1 aliphatic heterocycles. The number of ether oxygens (including phenoxy) is 2. The lowest BCUT2D eigenvalue weighted by Crippen LogP contribution is -2.45. The quantitative estimate of drug-likeness (QED) is 0.666. The molecule has 28 heavy (non-hydrogen) atoms. The molecule has 3 atom stereocenters. The molecular formula is C20H27N5O3. The van der Waals surface area contributed by atoms with Gasteiger partial charge < -0.3 is 19.4 Å². The van der Waals surface area contributed by atoms with Crippen LogP contribution in [0.15, 0.2) is 30.6 Å². The number of aromatic nitrogens is 2. The molecule has 0 spiro atoms. The Bertz CT molecular complexity index is 826. The molecule has 1 aliphatic carbocycles. The molecule has 3 unspecified atom stereocenters. The highest BCUT2D eigenvalue weighted by Gasteiger charge is 2.39. The minimum absolute atomic E-state index is 0.0505. The highest BCUT2D eigenvalue weighted by molar-refractivity contribution is 5.82. The van der Waals surface area contributed by atoms with Gasteiger partial charge in [-0.25, -0.2) is 10.4 Å². The van der Waals surface area contributed by atoms with Crippen molar-refractivity contribution in [2.75, 3.05) is 14.2 Å². The van der Waals surface area contributed by atoms with Gasteiger partial charge in [-0.15, -0.1) is 0 Å². The summed E-state index contributed by atoms with van der Waals surface area (Å²) >= 11 is 0. The van der Waals surface area contributed by atoms with Crippen molar-refractivity contribution in [3.63, 3.8) is 0 Å². The number of nitrogens with one attached hydrogen (secondary N) is 3. The minimum atomic E-state index is -0.418. The van der Waals surface area contributed by atoms with Crippen LogP contribution in [-0.4, -0.2) is 41.8 Å². The van der Waals surface area contributed by atoms with Gasteiger partial charge in [0.15, 0.2) is 0 Å². The molecule has 150 valence electrons. The molecule has 2 heterocycles. The Morgan fingerprint density at radius 3 is 2.50 bits per heavy atom. The summed E-state index contributed by atoms with van der Waals surface area (Å²) in [6.45, 7) is 0. The number of carbonyl (C=O) groups is 1. The topological polar surface area (TPSA) is 89.4 Å². The Balaban J connectivity index is 1.60. The fourth-order valence-corrected chi connectivity index (χ4v) is 3.75. The predicted molar refractivity (Wildman–Crippen MR) is 104 cm³/mol. The zero-order chi connectivity index (χ0) is 19.7. The second-order valence-corrected chi connectivity index (χ2v) is 7.50. The van der Waals surface area contributed by atoms with Gasteiger partial charge in [0.05, 0.1) is 14.2 Å². The Hall–Kier alpha value is -2.58. The lowest BCUT2D eigenvalue weighted by Gasteiger charge is -2.22. The van der Waals surface area contributed by atoms with E-state index in [1.165, 1.54) is 12.8 Å². The molecule has 2 fully saturated rings. The molecule has 1 aromatic carbocycles. The van der Waals surface area contributed by atoms with E-state index in [0.29, 0.717) is 23.5 Å². The number of hydrogen-bond donors (Lipinski definition) is 3. The van der Waals surface area contributed by atoms with Crippen LogP contribution in [0.4, 0.5) is 0 Å². The molecule has 2 aliphatic rings. The number of aryl methyl sites for hydroxylation is 1. The summed E-state index contributed by atoms with van der Waals surface area (Å²) in [5.74, 6) is 2.71. The van der Waals surface area contributed by atoms with Gasteiger partial charge in [-0.2, -0.15) is 0 Å². The number of methoxy groups -OCH3 is 2. The van der Waals surface area contributed by atoms with Crippen molar-refractivity contribution in [2.45, 2.75) is 37.4 Å². The van der Waals surface area contributed by atoms with Crippen molar-refractivity contribution in [1.82, 2.24) is 25.7 Å². The standard InChI is InChI=1S/C20H27N5O3/c1-25-7-6-21-19(25)18(13-8-14(27-2)10-15(9-13)28-3)22-20(26)17-11-16(23-24-17)12-4-5-12/h6-10,12,16-18,23-24H,4-5,11H2,1-3H3,(H,22,26). The fraction of sp³-hybridized carbons (Fsp3) is 0.500. The fourth-order valence-electron chi connectivity index (χ4n) is 3.75. The summed E-state index contributed by atoms with van der Waals surface area (Å²) in [5, 5.41) is 3.17. The summed E-state index contributed by atoms with van der Waals surface area (Å²) < 4.78 is 12.7. The van der Waals surface area contributed by atoms with Crippen molar-refractivity contribution in [3.8, 4) is 11.5 Å². The third-order valence-corrected chi connectivity index (χ3v) is 5.55. The summed E-state index contributed by atoms with van der Waals surface area (Å²) in [6.07, 6.45) is 6.88. The first kappa shape index (κ1) is 18.8. The molecule has 3 N–H and O–H groups in total. The molecule has 0 radical (unpaired) electrons. The molecule has 4 rings (SSSR count). The monoisotopic (exact) mass is 385 g/mol. The van der Waals surface area contributed by atoms with Crippen LogP contribution in [0.2, 0.25) is 0 Å². The lowest BCUT2D eigenvalue weighted by atomic mass is 10.0. The number of carbonyl (C=O) groups excluding carboxylic acids is 1. The molecule has 2 aromatic rings. The summed E-state index contributed by atoms with van der Waals surface area (Å²) in [5.41, 5.74) is 7.28. The van der Waals surface area contributed by atoms with Crippen LogP contribution in [-0.2, 0) is 11.8 Å². The highest BCUT2D eigenvalue weighted by atomic mass is 16.5. The second kappa shape index (κ2) is 7.81. The van der Waals surface area contributed by atoms with E-state index in [2.05, 4.69) is 21.2 Å². The molecular weight excluding hydrogens is 358 g/mol. The summed E-state index contributed by atoms with van der Waals surface area (Å²) in [6, 6.07) is 5.30. The SMILES string of the molecule is COc1cc(OC)cc(C(NC(=O)C2CC(C3CC3)NN2)c2nccn2C)c1. The third-order valence-electron chi connectivity index (χ3n) is 5.55. The van der Waals surface area contributed by atoms with Crippen molar-refractivity contribution < 1.29 is 14.3 Å². The molecule has 8 heteroatoms. The number of hydrogen-bond acceptors (Lipinski definition) is 6. The second-order valence-electron chi connectivity index (χ2n) is 7.50. The van der Waals surface area contributed by atoms with E-state index in [0.717, 1.165) is 17.8 Å². The first-order valence-corrected chi connectivity index (χ1v) is 9.60. The first-order chi connectivity index (χ1) is 13.6. The Morgan fingerprint density at radius 2 is 1.93 bits per heavy atom. The van der Waals surface area contributed by atoms with Gasteiger partial charge in [0.1, 0.15) is 29.4 Å². The van der Waals surface area contributed by atoms with Crippen molar-refractivity contribution >= 4 is 5.91 Å². The van der Waals surface area contributed by atoms with E-state index in [-0.39, 0.29) is 11.9 Å². The maximum Gasteiger partial charge on any atom is 0.239 e. The average Bonchev–Trinajstić information content (AvgIpc) is 3.29. The van der Waals surface area contributed by atoms with Crippen LogP contribution >= 0.6 is 0 Å². The van der Waals surface area contributed by atoms with Crippen LogP contribution in [0.5, 0.6) is 11.5 Å². The van der Waals surface area contributed by atoms with E-state index in [9.17, 15) is 4.79 Å². The maximum absolute atomic E-state index is 13.0. The number of amides is 1. The van der Waals surface area contributed by atoms with Gasteiger partial charge in [-0.1, -0.05) is 0 Å².